The van der Waals surface area contributed by atoms with Gasteiger partial charge in [0, 0.05) is 37.6 Å². The number of hydrogen-bond donors (Lipinski definition) is 2. The first kappa shape index (κ1) is 9.84. The van der Waals surface area contributed by atoms with Crippen molar-refractivity contribution in [3.8, 4) is 0 Å². The predicted octanol–water partition coefficient (Wildman–Crippen LogP) is 0.418. The van der Waals surface area contributed by atoms with Crippen LogP contribution in [-0.2, 0) is 0 Å². The first-order valence-electron chi connectivity index (χ1n) is 5.87. The van der Waals surface area contributed by atoms with Gasteiger partial charge in [0.2, 0.25) is 0 Å². The highest BCUT2D eigenvalue weighted by molar-refractivity contribution is 5.32. The molecule has 1 saturated carbocycles. The lowest BCUT2D eigenvalue weighted by molar-refractivity contribution is 0.326. The summed E-state index contributed by atoms with van der Waals surface area (Å²) in [5, 5.41) is 3.23. The number of anilines is 1. The molecule has 2 aliphatic rings. The average molecular weight is 220 g/mol. The highest BCUT2D eigenvalue weighted by Crippen LogP contribution is 2.30. The number of rotatable bonds is 3. The molecule has 1 aromatic rings. The zero-order valence-corrected chi connectivity index (χ0v) is 9.15. The van der Waals surface area contributed by atoms with Crippen LogP contribution in [0.15, 0.2) is 17.2 Å². The van der Waals surface area contributed by atoms with E-state index in [9.17, 15) is 4.79 Å². The number of likely N-dealkylation sites (tertiary alicyclic amines) is 1. The van der Waals surface area contributed by atoms with Crippen LogP contribution < -0.4 is 10.9 Å². The van der Waals surface area contributed by atoms with Crippen LogP contribution in [0.4, 0.5) is 5.82 Å². The van der Waals surface area contributed by atoms with Crippen molar-refractivity contribution in [1.82, 2.24) is 14.9 Å². The van der Waals surface area contributed by atoms with E-state index < -0.39 is 0 Å². The Kier molecular flexibility index (Phi) is 2.40. The van der Waals surface area contributed by atoms with E-state index in [0.29, 0.717) is 11.9 Å². The van der Waals surface area contributed by atoms with Gasteiger partial charge in [0.1, 0.15) is 0 Å². The fourth-order valence-electron chi connectivity index (χ4n) is 2.32. The maximum absolute atomic E-state index is 11.4. The molecule has 0 radical (unpaired) electrons. The largest absolute Gasteiger partial charge is 0.361 e. The van der Waals surface area contributed by atoms with Crippen molar-refractivity contribution in [2.24, 2.45) is 0 Å². The lowest BCUT2D eigenvalue weighted by Gasteiger charge is -2.15. The molecule has 86 valence electrons. The van der Waals surface area contributed by atoms with Crippen molar-refractivity contribution in [3.63, 3.8) is 0 Å². The molecular weight excluding hydrogens is 204 g/mol. The molecule has 0 amide bonds. The molecule has 16 heavy (non-hydrogen) atoms. The van der Waals surface area contributed by atoms with E-state index in [1.807, 2.05) is 0 Å². The normalized spacial score (nSPS) is 25.9. The van der Waals surface area contributed by atoms with Gasteiger partial charge in [0.05, 0.1) is 0 Å². The number of nitrogens with zero attached hydrogens (tertiary/aromatic N) is 2. The minimum absolute atomic E-state index is 0.132. The molecule has 3 rings (SSSR count). The second-order valence-electron chi connectivity index (χ2n) is 4.62. The van der Waals surface area contributed by atoms with Gasteiger partial charge in [-0.2, -0.15) is 0 Å². The third kappa shape index (κ3) is 1.95. The van der Waals surface area contributed by atoms with Crippen molar-refractivity contribution < 1.29 is 0 Å². The van der Waals surface area contributed by atoms with E-state index in [0.717, 1.165) is 25.6 Å². The van der Waals surface area contributed by atoms with Crippen LogP contribution in [0.1, 0.15) is 19.3 Å². The molecule has 2 N–H and O–H groups in total. The van der Waals surface area contributed by atoms with Crippen LogP contribution in [0.25, 0.3) is 0 Å². The Hall–Kier alpha value is -1.36. The van der Waals surface area contributed by atoms with Crippen LogP contribution in [-0.4, -0.2) is 40.0 Å². The van der Waals surface area contributed by atoms with Gasteiger partial charge in [-0.15, -0.1) is 0 Å². The highest BCUT2D eigenvalue weighted by atomic mass is 16.1. The third-order valence-electron chi connectivity index (χ3n) is 3.33. The molecule has 1 aliphatic carbocycles. The number of H-pyrrole nitrogens is 1. The Bertz CT molecular complexity index is 426. The summed E-state index contributed by atoms with van der Waals surface area (Å²) >= 11 is 0. The minimum atomic E-state index is -0.132. The summed E-state index contributed by atoms with van der Waals surface area (Å²) < 4.78 is 0. The van der Waals surface area contributed by atoms with Gasteiger partial charge in [-0.05, 0) is 19.3 Å². The Morgan fingerprint density at radius 3 is 3.06 bits per heavy atom. The standard InChI is InChI=1S/C11H16N4O/c16-11-10(12-4-5-13-11)14-8-3-6-15(7-8)9-1-2-9/h4-5,8-9H,1-3,6-7H2,(H,12,14)(H,13,16). The lowest BCUT2D eigenvalue weighted by Crippen LogP contribution is -2.30. The zero-order chi connectivity index (χ0) is 11.0. The number of aromatic amines is 1. The Balaban J connectivity index is 1.63. The molecule has 1 saturated heterocycles. The van der Waals surface area contributed by atoms with Crippen LogP contribution in [0, 0.1) is 0 Å². The Morgan fingerprint density at radius 1 is 1.44 bits per heavy atom. The van der Waals surface area contributed by atoms with Crippen LogP contribution in [0.3, 0.4) is 0 Å². The molecule has 2 heterocycles. The molecular formula is C11H16N4O. The second-order valence-corrected chi connectivity index (χ2v) is 4.62. The van der Waals surface area contributed by atoms with Crippen molar-refractivity contribution in [2.45, 2.75) is 31.3 Å². The molecule has 2 fully saturated rings. The summed E-state index contributed by atoms with van der Waals surface area (Å²) in [4.78, 5) is 20.6. The summed E-state index contributed by atoms with van der Waals surface area (Å²) in [6.45, 7) is 2.19. The van der Waals surface area contributed by atoms with E-state index in [1.165, 1.54) is 12.8 Å². The van der Waals surface area contributed by atoms with Gasteiger partial charge in [-0.3, -0.25) is 9.69 Å². The SMILES string of the molecule is O=c1[nH]ccnc1NC1CCN(C2CC2)C1. The number of aromatic nitrogens is 2. The fraction of sp³-hybridized carbons (Fsp3) is 0.636. The predicted molar refractivity (Wildman–Crippen MR) is 61.5 cm³/mol. The van der Waals surface area contributed by atoms with Gasteiger partial charge in [0.15, 0.2) is 5.82 Å². The van der Waals surface area contributed by atoms with Gasteiger partial charge < -0.3 is 10.3 Å². The van der Waals surface area contributed by atoms with Gasteiger partial charge in [-0.1, -0.05) is 0 Å². The summed E-state index contributed by atoms with van der Waals surface area (Å²) in [5.74, 6) is 0.449. The van der Waals surface area contributed by atoms with Crippen molar-refractivity contribution in [1.29, 1.82) is 0 Å². The van der Waals surface area contributed by atoms with E-state index in [-0.39, 0.29) is 5.56 Å². The molecule has 0 aromatic carbocycles. The molecule has 1 unspecified atom stereocenters. The molecule has 5 nitrogen and oxygen atoms in total. The molecule has 1 aliphatic heterocycles. The van der Waals surface area contributed by atoms with Gasteiger partial charge in [-0.25, -0.2) is 4.98 Å². The zero-order valence-electron chi connectivity index (χ0n) is 9.15. The smallest absolute Gasteiger partial charge is 0.290 e. The monoisotopic (exact) mass is 220 g/mol. The summed E-state index contributed by atoms with van der Waals surface area (Å²) in [7, 11) is 0. The lowest BCUT2D eigenvalue weighted by atomic mass is 10.2. The van der Waals surface area contributed by atoms with Gasteiger partial charge in [0.25, 0.3) is 5.56 Å². The first-order valence-corrected chi connectivity index (χ1v) is 5.87. The number of nitrogens with one attached hydrogen (secondary N) is 2. The summed E-state index contributed by atoms with van der Waals surface area (Å²) in [5.41, 5.74) is -0.132. The van der Waals surface area contributed by atoms with E-state index in [2.05, 4.69) is 20.2 Å². The molecule has 0 bridgehead atoms. The van der Waals surface area contributed by atoms with Crippen molar-refractivity contribution in [2.75, 3.05) is 18.4 Å². The van der Waals surface area contributed by atoms with Crippen LogP contribution >= 0.6 is 0 Å². The third-order valence-corrected chi connectivity index (χ3v) is 3.33. The first-order chi connectivity index (χ1) is 7.83. The minimum Gasteiger partial charge on any atom is -0.361 e. The summed E-state index contributed by atoms with van der Waals surface area (Å²) in [6.07, 6.45) is 6.95. The van der Waals surface area contributed by atoms with E-state index in [1.54, 1.807) is 12.4 Å². The Morgan fingerprint density at radius 2 is 2.31 bits per heavy atom. The quantitative estimate of drug-likeness (QED) is 0.775. The van der Waals surface area contributed by atoms with Crippen molar-refractivity contribution >= 4 is 5.82 Å². The van der Waals surface area contributed by atoms with Gasteiger partial charge >= 0.3 is 0 Å². The van der Waals surface area contributed by atoms with E-state index >= 15 is 0 Å². The van der Waals surface area contributed by atoms with Crippen LogP contribution in [0.2, 0.25) is 0 Å². The van der Waals surface area contributed by atoms with Crippen molar-refractivity contribution in [3.05, 3.63) is 22.7 Å². The second kappa shape index (κ2) is 3.90. The number of hydrogen-bond acceptors (Lipinski definition) is 4. The topological polar surface area (TPSA) is 61.0 Å². The molecule has 0 spiro atoms. The maximum Gasteiger partial charge on any atom is 0.290 e. The fourth-order valence-corrected chi connectivity index (χ4v) is 2.32. The molecule has 1 atom stereocenters. The maximum atomic E-state index is 11.4. The molecule has 5 heteroatoms. The molecule has 1 aromatic heterocycles. The Labute approximate surface area is 93.9 Å². The average Bonchev–Trinajstić information content (AvgIpc) is 3.03. The highest BCUT2D eigenvalue weighted by Gasteiger charge is 2.34. The summed E-state index contributed by atoms with van der Waals surface area (Å²) in [6, 6.07) is 1.19. The van der Waals surface area contributed by atoms with E-state index in [4.69, 9.17) is 0 Å². The van der Waals surface area contributed by atoms with Crippen LogP contribution in [0.5, 0.6) is 0 Å².